The normalized spacial score (nSPS) is 23.5. The highest BCUT2D eigenvalue weighted by Gasteiger charge is 2.56. The lowest BCUT2D eigenvalue weighted by Crippen LogP contribution is -2.61. The molecule has 1 aromatic rings. The number of carboxylic acid groups (broad SMARTS) is 1. The van der Waals surface area contributed by atoms with Crippen molar-refractivity contribution in [1.29, 1.82) is 0 Å². The average molecular weight is 365 g/mol. The Labute approximate surface area is 149 Å². The molecule has 25 heavy (non-hydrogen) atoms. The number of hydrogen-bond donors (Lipinski definition) is 3. The number of aliphatic hydroxyl groups excluding tert-OH is 2. The highest BCUT2D eigenvalue weighted by atomic mass is 32.2. The Morgan fingerprint density at radius 3 is 2.68 bits per heavy atom. The lowest BCUT2D eigenvalue weighted by Gasteiger charge is -2.44. The van der Waals surface area contributed by atoms with Crippen molar-refractivity contribution in [3.8, 4) is 0 Å². The Morgan fingerprint density at radius 1 is 1.44 bits per heavy atom. The monoisotopic (exact) mass is 365 g/mol. The van der Waals surface area contributed by atoms with E-state index in [1.54, 1.807) is 6.92 Å². The molecule has 2 aliphatic rings. The van der Waals surface area contributed by atoms with Crippen molar-refractivity contribution in [2.75, 3.05) is 5.75 Å². The van der Waals surface area contributed by atoms with Crippen LogP contribution in [0.3, 0.4) is 0 Å². The van der Waals surface area contributed by atoms with Crippen molar-refractivity contribution in [2.45, 2.75) is 38.6 Å². The molecule has 0 aliphatic carbocycles. The molecule has 3 rings (SSSR count). The van der Waals surface area contributed by atoms with E-state index < -0.39 is 18.0 Å². The second-order valence-electron chi connectivity index (χ2n) is 6.27. The van der Waals surface area contributed by atoms with E-state index in [0.717, 1.165) is 5.56 Å². The van der Waals surface area contributed by atoms with Crippen LogP contribution in [0.25, 0.3) is 0 Å². The minimum Gasteiger partial charge on any atom is -0.477 e. The number of carbonyl (C=O) groups excluding carboxylic acids is 1. The van der Waals surface area contributed by atoms with Crippen LogP contribution in [-0.4, -0.2) is 50.0 Å². The Balaban J connectivity index is 1.65. The van der Waals surface area contributed by atoms with Gasteiger partial charge in [0, 0.05) is 23.5 Å². The number of β-lactam (4-membered cyclic amide) rings is 1. The van der Waals surface area contributed by atoms with Gasteiger partial charge in [0.25, 0.3) is 0 Å². The number of aryl methyl sites for hydroxylation is 1. The zero-order chi connectivity index (χ0) is 18.1. The smallest absolute Gasteiger partial charge is 0.353 e. The highest BCUT2D eigenvalue weighted by molar-refractivity contribution is 8.03. The Hall–Kier alpha value is -1.90. The van der Waals surface area contributed by atoms with Gasteiger partial charge in [-0.25, -0.2) is 9.36 Å². The molecule has 0 bridgehead atoms. The van der Waals surface area contributed by atoms with E-state index in [2.05, 4.69) is 0 Å². The van der Waals surface area contributed by atoms with Gasteiger partial charge in [-0.05, 0) is 12.5 Å². The van der Waals surface area contributed by atoms with Gasteiger partial charge in [-0.1, -0.05) is 0 Å². The van der Waals surface area contributed by atoms with Crippen molar-refractivity contribution < 1.29 is 29.5 Å². The summed E-state index contributed by atoms with van der Waals surface area (Å²) in [6.07, 6.45) is 3.46. The fourth-order valence-corrected chi connectivity index (χ4v) is 4.54. The highest BCUT2D eigenvalue weighted by Crippen LogP contribution is 2.46. The molecule has 7 nitrogen and oxygen atoms in total. The van der Waals surface area contributed by atoms with Gasteiger partial charge in [-0.15, -0.1) is 11.8 Å². The molecule has 0 unspecified atom stereocenters. The minimum atomic E-state index is -1.10. The van der Waals surface area contributed by atoms with Gasteiger partial charge in [0.1, 0.15) is 5.70 Å². The first kappa shape index (κ1) is 17.9. The van der Waals surface area contributed by atoms with Crippen molar-refractivity contribution >= 4 is 23.6 Å². The van der Waals surface area contributed by atoms with Gasteiger partial charge >= 0.3 is 5.97 Å². The molecule has 0 saturated carbocycles. The molecule has 0 aromatic carbocycles. The molecule has 1 saturated heterocycles. The van der Waals surface area contributed by atoms with Crippen LogP contribution in [-0.2, 0) is 22.7 Å². The second-order valence-corrected chi connectivity index (χ2v) is 7.46. The first-order valence-corrected chi connectivity index (χ1v) is 9.11. The number of aromatic nitrogens is 1. The summed E-state index contributed by atoms with van der Waals surface area (Å²) in [5.74, 6) is -1.24. The van der Waals surface area contributed by atoms with Gasteiger partial charge in [0.15, 0.2) is 18.9 Å². The van der Waals surface area contributed by atoms with E-state index in [0.29, 0.717) is 23.6 Å². The maximum absolute atomic E-state index is 12.1. The van der Waals surface area contributed by atoms with E-state index >= 15 is 0 Å². The standard InChI is InChI=1S/C17H20N2O5S/c1-10(21)14-12-8-13(15(17(23)24)19(12)16(14)22)25-7-6-18-4-2-11(9-20)3-5-18/h2-5,10,12,14,20-21H,6-9H2,1H3/p+1/t10-,12-,14-/m1/s1. The average Bonchev–Trinajstić information content (AvgIpc) is 2.89. The Morgan fingerprint density at radius 2 is 2.12 bits per heavy atom. The molecule has 134 valence electrons. The summed E-state index contributed by atoms with van der Waals surface area (Å²) in [6, 6.07) is 3.43. The maximum Gasteiger partial charge on any atom is 0.353 e. The molecule has 0 spiro atoms. The summed E-state index contributed by atoms with van der Waals surface area (Å²) in [4.78, 5) is 25.7. The summed E-state index contributed by atoms with van der Waals surface area (Å²) < 4.78 is 1.96. The van der Waals surface area contributed by atoms with E-state index in [4.69, 9.17) is 5.11 Å². The molecular formula is C17H21N2O5S+. The topological polar surface area (TPSA) is 102 Å². The molecule has 0 radical (unpaired) electrons. The molecule has 2 aliphatic heterocycles. The maximum atomic E-state index is 12.1. The summed E-state index contributed by atoms with van der Waals surface area (Å²) in [5.41, 5.74) is 0.903. The minimum absolute atomic E-state index is 0.000145. The SMILES string of the molecule is C[C@@H](O)[C@H]1C(=O)N2C(C(=O)O)=C(SCC[n+]3ccc(CO)cc3)C[C@H]12. The molecular weight excluding hydrogens is 344 g/mol. The van der Waals surface area contributed by atoms with Crippen molar-refractivity contribution in [1.82, 2.24) is 4.90 Å². The van der Waals surface area contributed by atoms with Crippen LogP contribution in [0.5, 0.6) is 0 Å². The van der Waals surface area contributed by atoms with Crippen LogP contribution >= 0.6 is 11.8 Å². The third kappa shape index (κ3) is 3.29. The molecule has 1 fully saturated rings. The molecule has 3 atom stereocenters. The van der Waals surface area contributed by atoms with Crippen LogP contribution < -0.4 is 4.57 Å². The summed E-state index contributed by atoms with van der Waals surface area (Å²) in [5, 5.41) is 28.2. The van der Waals surface area contributed by atoms with Gasteiger partial charge < -0.3 is 20.2 Å². The predicted octanol–water partition coefficient (Wildman–Crippen LogP) is 0.107. The fourth-order valence-electron chi connectivity index (χ4n) is 3.38. The number of aliphatic hydroxyl groups is 2. The van der Waals surface area contributed by atoms with Gasteiger partial charge in [0.05, 0.1) is 30.4 Å². The Kier molecular flexibility index (Phi) is 5.12. The van der Waals surface area contributed by atoms with Gasteiger partial charge in [0.2, 0.25) is 5.91 Å². The number of pyridine rings is 1. The van der Waals surface area contributed by atoms with Gasteiger partial charge in [-0.2, -0.15) is 0 Å². The number of hydrogen-bond acceptors (Lipinski definition) is 5. The van der Waals surface area contributed by atoms with Crippen LogP contribution in [0, 0.1) is 5.92 Å². The summed E-state index contributed by atoms with van der Waals surface area (Å²) >= 11 is 1.44. The lowest BCUT2D eigenvalue weighted by molar-refractivity contribution is -0.692. The van der Waals surface area contributed by atoms with Crippen LogP contribution in [0.4, 0.5) is 0 Å². The number of amides is 1. The first-order chi connectivity index (χ1) is 11.9. The number of fused-ring (bicyclic) bond motifs is 1. The fraction of sp³-hybridized carbons (Fsp3) is 0.471. The molecule has 1 aromatic heterocycles. The Bertz CT molecular complexity index is 716. The van der Waals surface area contributed by atoms with E-state index in [9.17, 15) is 19.8 Å². The third-order valence-electron chi connectivity index (χ3n) is 4.66. The number of thioether (sulfide) groups is 1. The number of carboxylic acids is 1. The van der Waals surface area contributed by atoms with Crippen LogP contribution in [0.15, 0.2) is 35.1 Å². The van der Waals surface area contributed by atoms with Crippen molar-refractivity contribution in [3.05, 3.63) is 40.7 Å². The predicted molar refractivity (Wildman–Crippen MR) is 90.1 cm³/mol. The lowest BCUT2D eigenvalue weighted by atomic mass is 9.83. The van der Waals surface area contributed by atoms with Gasteiger partial charge in [-0.3, -0.25) is 4.79 Å². The van der Waals surface area contributed by atoms with Crippen molar-refractivity contribution in [2.24, 2.45) is 5.92 Å². The largest absolute Gasteiger partial charge is 0.477 e. The van der Waals surface area contributed by atoms with Crippen molar-refractivity contribution in [3.63, 3.8) is 0 Å². The number of rotatable bonds is 7. The zero-order valence-electron chi connectivity index (χ0n) is 13.8. The number of carbonyl (C=O) groups is 2. The molecule has 8 heteroatoms. The van der Waals surface area contributed by atoms with E-state index in [1.165, 1.54) is 16.7 Å². The quantitative estimate of drug-likeness (QED) is 0.468. The zero-order valence-corrected chi connectivity index (χ0v) is 14.6. The molecule has 1 amide bonds. The molecule has 3 N–H and O–H groups in total. The third-order valence-corrected chi connectivity index (χ3v) is 5.75. The van der Waals surface area contributed by atoms with E-state index in [1.807, 2.05) is 29.1 Å². The summed E-state index contributed by atoms with van der Waals surface area (Å²) in [6.45, 7) is 2.25. The van der Waals surface area contributed by atoms with E-state index in [-0.39, 0.29) is 24.3 Å². The molecule has 3 heterocycles. The number of aliphatic carboxylic acids is 1. The van der Waals surface area contributed by atoms with Crippen LogP contribution in [0.2, 0.25) is 0 Å². The summed E-state index contributed by atoms with van der Waals surface area (Å²) in [7, 11) is 0. The van der Waals surface area contributed by atoms with Crippen LogP contribution in [0.1, 0.15) is 18.9 Å². The first-order valence-electron chi connectivity index (χ1n) is 8.13. The number of nitrogens with zero attached hydrogens (tertiary/aromatic N) is 2. The second kappa shape index (κ2) is 7.15.